The highest BCUT2D eigenvalue weighted by Gasteiger charge is 2.30. The monoisotopic (exact) mass is 331 g/mol. The van der Waals surface area contributed by atoms with Gasteiger partial charge < -0.3 is 10.1 Å². The molecule has 0 aliphatic carbocycles. The number of ether oxygens (including phenoxy) is 1. The lowest BCUT2D eigenvalue weighted by Gasteiger charge is -2.10. The third kappa shape index (κ3) is 4.22. The SMILES string of the molecule is FC(F)(F)Oc1ccc(Nc2ccc(-c3ccccc3)nn2)cc1. The van der Waals surface area contributed by atoms with Gasteiger partial charge in [-0.1, -0.05) is 30.3 Å². The fourth-order valence-corrected chi connectivity index (χ4v) is 2.05. The molecule has 0 saturated carbocycles. The van der Waals surface area contributed by atoms with Crippen LogP contribution in [0.5, 0.6) is 5.75 Å². The molecule has 0 unspecified atom stereocenters. The van der Waals surface area contributed by atoms with Crippen molar-refractivity contribution in [2.45, 2.75) is 6.36 Å². The second-order valence-electron chi connectivity index (χ2n) is 4.87. The molecule has 0 radical (unpaired) electrons. The standard InChI is InChI=1S/C17H12F3N3O/c18-17(19,20)24-14-8-6-13(7-9-14)21-16-11-10-15(22-23-16)12-4-2-1-3-5-12/h1-11H,(H,21,23). The van der Waals surface area contributed by atoms with Crippen LogP contribution < -0.4 is 10.1 Å². The molecule has 3 aromatic rings. The Morgan fingerprint density at radius 3 is 2.08 bits per heavy atom. The first-order valence-corrected chi connectivity index (χ1v) is 7.02. The average Bonchev–Trinajstić information content (AvgIpc) is 2.57. The molecule has 24 heavy (non-hydrogen) atoms. The zero-order chi connectivity index (χ0) is 17.0. The number of nitrogens with zero attached hydrogens (tertiary/aromatic N) is 2. The Kier molecular flexibility index (Phi) is 4.33. The summed E-state index contributed by atoms with van der Waals surface area (Å²) in [5.41, 5.74) is 2.26. The fourth-order valence-electron chi connectivity index (χ4n) is 2.05. The molecule has 0 saturated heterocycles. The number of nitrogens with one attached hydrogen (secondary N) is 1. The minimum absolute atomic E-state index is 0.279. The number of alkyl halides is 3. The van der Waals surface area contributed by atoms with Crippen molar-refractivity contribution in [1.29, 1.82) is 0 Å². The van der Waals surface area contributed by atoms with Crippen molar-refractivity contribution >= 4 is 11.5 Å². The number of halogens is 3. The number of anilines is 2. The smallest absolute Gasteiger partial charge is 0.406 e. The van der Waals surface area contributed by atoms with Gasteiger partial charge in [0.2, 0.25) is 0 Å². The minimum atomic E-state index is -4.70. The van der Waals surface area contributed by atoms with Gasteiger partial charge in [0.1, 0.15) is 5.75 Å². The molecule has 1 N–H and O–H groups in total. The Bertz CT molecular complexity index is 788. The number of rotatable bonds is 4. The van der Waals surface area contributed by atoms with E-state index in [9.17, 15) is 13.2 Å². The van der Waals surface area contributed by atoms with Gasteiger partial charge in [-0.25, -0.2) is 0 Å². The topological polar surface area (TPSA) is 47.0 Å². The van der Waals surface area contributed by atoms with E-state index < -0.39 is 6.36 Å². The van der Waals surface area contributed by atoms with Crippen molar-refractivity contribution in [3.63, 3.8) is 0 Å². The van der Waals surface area contributed by atoms with Crippen LogP contribution in [0.3, 0.4) is 0 Å². The zero-order valence-electron chi connectivity index (χ0n) is 12.3. The van der Waals surface area contributed by atoms with Crippen molar-refractivity contribution in [2.75, 3.05) is 5.32 Å². The minimum Gasteiger partial charge on any atom is -0.406 e. The Morgan fingerprint density at radius 2 is 1.50 bits per heavy atom. The van der Waals surface area contributed by atoms with Gasteiger partial charge in [-0.2, -0.15) is 0 Å². The van der Waals surface area contributed by atoms with Crippen LogP contribution in [0.2, 0.25) is 0 Å². The van der Waals surface area contributed by atoms with Crippen molar-refractivity contribution in [2.24, 2.45) is 0 Å². The van der Waals surface area contributed by atoms with Crippen molar-refractivity contribution in [3.8, 4) is 17.0 Å². The molecular formula is C17H12F3N3O. The van der Waals surface area contributed by atoms with Crippen LogP contribution in [0.25, 0.3) is 11.3 Å². The van der Waals surface area contributed by atoms with E-state index in [1.54, 1.807) is 6.07 Å². The largest absolute Gasteiger partial charge is 0.573 e. The first-order chi connectivity index (χ1) is 11.5. The van der Waals surface area contributed by atoms with E-state index in [-0.39, 0.29) is 5.75 Å². The van der Waals surface area contributed by atoms with Crippen LogP contribution in [0.15, 0.2) is 66.7 Å². The zero-order valence-corrected chi connectivity index (χ0v) is 12.3. The molecule has 0 aliphatic heterocycles. The molecule has 0 spiro atoms. The Morgan fingerprint density at radius 1 is 0.792 bits per heavy atom. The van der Waals surface area contributed by atoms with Crippen LogP contribution in [-0.2, 0) is 0 Å². The summed E-state index contributed by atoms with van der Waals surface area (Å²) >= 11 is 0. The molecule has 0 amide bonds. The van der Waals surface area contributed by atoms with E-state index in [4.69, 9.17) is 0 Å². The van der Waals surface area contributed by atoms with Crippen molar-refractivity contribution in [1.82, 2.24) is 10.2 Å². The van der Waals surface area contributed by atoms with Gasteiger partial charge in [0, 0.05) is 11.3 Å². The van der Waals surface area contributed by atoms with Crippen LogP contribution in [0.4, 0.5) is 24.7 Å². The quantitative estimate of drug-likeness (QED) is 0.747. The average molecular weight is 331 g/mol. The molecule has 0 atom stereocenters. The third-order valence-electron chi connectivity index (χ3n) is 3.09. The van der Waals surface area contributed by atoms with E-state index >= 15 is 0 Å². The molecule has 1 heterocycles. The van der Waals surface area contributed by atoms with E-state index in [0.29, 0.717) is 11.5 Å². The van der Waals surface area contributed by atoms with Gasteiger partial charge >= 0.3 is 6.36 Å². The van der Waals surface area contributed by atoms with Crippen LogP contribution >= 0.6 is 0 Å². The molecule has 122 valence electrons. The van der Waals surface area contributed by atoms with Crippen LogP contribution in [-0.4, -0.2) is 16.6 Å². The molecule has 4 nitrogen and oxygen atoms in total. The summed E-state index contributed by atoms with van der Waals surface area (Å²) < 4.78 is 40.1. The van der Waals surface area contributed by atoms with Crippen molar-refractivity contribution < 1.29 is 17.9 Å². The summed E-state index contributed by atoms with van der Waals surface area (Å²) in [6, 6.07) is 18.5. The maximum Gasteiger partial charge on any atom is 0.573 e. The molecule has 0 bridgehead atoms. The molecule has 7 heteroatoms. The number of benzene rings is 2. The second kappa shape index (κ2) is 6.57. The molecule has 0 aliphatic rings. The summed E-state index contributed by atoms with van der Waals surface area (Å²) in [6.07, 6.45) is -4.70. The summed E-state index contributed by atoms with van der Waals surface area (Å²) in [5.74, 6) is 0.206. The summed E-state index contributed by atoms with van der Waals surface area (Å²) in [6.45, 7) is 0. The predicted octanol–water partition coefficient (Wildman–Crippen LogP) is 4.79. The summed E-state index contributed by atoms with van der Waals surface area (Å²) in [4.78, 5) is 0. The Labute approximate surface area is 135 Å². The van der Waals surface area contributed by atoms with Gasteiger partial charge in [-0.05, 0) is 36.4 Å². The molecular weight excluding hydrogens is 319 g/mol. The van der Waals surface area contributed by atoms with Gasteiger partial charge in [0.05, 0.1) is 5.69 Å². The van der Waals surface area contributed by atoms with Crippen molar-refractivity contribution in [3.05, 3.63) is 66.7 Å². The van der Waals surface area contributed by atoms with Gasteiger partial charge in [-0.15, -0.1) is 23.4 Å². The molecule has 2 aromatic carbocycles. The third-order valence-corrected chi connectivity index (χ3v) is 3.09. The molecule has 0 fully saturated rings. The maximum atomic E-state index is 12.1. The van der Waals surface area contributed by atoms with Crippen LogP contribution in [0, 0.1) is 0 Å². The highest BCUT2D eigenvalue weighted by molar-refractivity contribution is 5.61. The lowest BCUT2D eigenvalue weighted by molar-refractivity contribution is -0.274. The fraction of sp³-hybridized carbons (Fsp3) is 0.0588. The highest BCUT2D eigenvalue weighted by atomic mass is 19.4. The first kappa shape index (κ1) is 15.8. The van der Waals surface area contributed by atoms with E-state index in [1.165, 1.54) is 24.3 Å². The summed E-state index contributed by atoms with van der Waals surface area (Å²) in [7, 11) is 0. The van der Waals surface area contributed by atoms with Gasteiger partial charge in [0.15, 0.2) is 5.82 Å². The van der Waals surface area contributed by atoms with Gasteiger partial charge in [-0.3, -0.25) is 0 Å². The van der Waals surface area contributed by atoms with Gasteiger partial charge in [0.25, 0.3) is 0 Å². The van der Waals surface area contributed by atoms with E-state index in [2.05, 4.69) is 20.3 Å². The highest BCUT2D eigenvalue weighted by Crippen LogP contribution is 2.25. The predicted molar refractivity (Wildman–Crippen MR) is 83.9 cm³/mol. The normalized spacial score (nSPS) is 11.1. The first-order valence-electron chi connectivity index (χ1n) is 7.02. The Balaban J connectivity index is 1.68. The Hall–Kier alpha value is -3.09. The van der Waals surface area contributed by atoms with E-state index in [1.807, 2.05) is 36.4 Å². The number of hydrogen-bond acceptors (Lipinski definition) is 4. The molecule has 3 rings (SSSR count). The molecule has 1 aromatic heterocycles. The summed E-state index contributed by atoms with van der Waals surface area (Å²) in [5, 5.41) is 11.1. The lowest BCUT2D eigenvalue weighted by atomic mass is 10.1. The second-order valence-corrected chi connectivity index (χ2v) is 4.87. The number of aromatic nitrogens is 2. The maximum absolute atomic E-state index is 12.1. The van der Waals surface area contributed by atoms with Crippen LogP contribution in [0.1, 0.15) is 0 Å². The lowest BCUT2D eigenvalue weighted by Crippen LogP contribution is -2.16. The number of hydrogen-bond donors (Lipinski definition) is 1. The van der Waals surface area contributed by atoms with E-state index in [0.717, 1.165) is 11.3 Å².